The normalized spacial score (nSPS) is 13.1. The van der Waals surface area contributed by atoms with E-state index >= 15 is 0 Å². The molecule has 0 aliphatic rings. The Labute approximate surface area is 129 Å². The predicted octanol–water partition coefficient (Wildman–Crippen LogP) is 3.72. The number of ketones is 1. The van der Waals surface area contributed by atoms with Crippen LogP contribution in [0.5, 0.6) is 0 Å². The van der Waals surface area contributed by atoms with Gasteiger partial charge in [-0.25, -0.2) is 17.2 Å². The molecule has 0 aliphatic carbocycles. The quantitative estimate of drug-likeness (QED) is 0.623. The molecule has 0 amide bonds. The summed E-state index contributed by atoms with van der Waals surface area (Å²) < 4.78 is 51.4. The van der Waals surface area contributed by atoms with Gasteiger partial charge in [0.15, 0.2) is 15.6 Å². The number of Topliss-reactive ketones (excluding diaryl/α,β-unsaturated/α-hetero) is 1. The Morgan fingerprint density at radius 2 is 1.90 bits per heavy atom. The standard InChI is InChI=1S/C13H9ClF2O3S2/c1-7(13(17)10-3-5-12(14)20-10)21(18,19)11-4-2-8(15)6-9(11)16/h2-7H,1H3. The molecule has 1 atom stereocenters. The second-order valence-corrected chi connectivity index (χ2v) is 8.18. The lowest BCUT2D eigenvalue weighted by Gasteiger charge is -2.11. The minimum absolute atomic E-state index is 0.165. The molecule has 8 heteroatoms. The van der Waals surface area contributed by atoms with E-state index in [1.165, 1.54) is 12.1 Å². The van der Waals surface area contributed by atoms with E-state index in [1.54, 1.807) is 0 Å². The second kappa shape index (κ2) is 5.82. The molecule has 0 N–H and O–H groups in total. The topological polar surface area (TPSA) is 51.2 Å². The molecule has 1 heterocycles. The van der Waals surface area contributed by atoms with Crippen LogP contribution in [-0.4, -0.2) is 19.5 Å². The fourth-order valence-corrected chi connectivity index (χ4v) is 4.21. The molecule has 0 saturated carbocycles. The Balaban J connectivity index is 2.41. The van der Waals surface area contributed by atoms with Gasteiger partial charge in [0.2, 0.25) is 0 Å². The average Bonchev–Trinajstić information content (AvgIpc) is 2.83. The number of carbonyl (C=O) groups excluding carboxylic acids is 1. The summed E-state index contributed by atoms with van der Waals surface area (Å²) in [6, 6.07) is 4.98. The zero-order valence-electron chi connectivity index (χ0n) is 10.6. The van der Waals surface area contributed by atoms with Crippen LogP contribution < -0.4 is 0 Å². The molecule has 21 heavy (non-hydrogen) atoms. The zero-order valence-corrected chi connectivity index (χ0v) is 13.0. The van der Waals surface area contributed by atoms with Crippen molar-refractivity contribution in [3.63, 3.8) is 0 Å². The molecule has 0 radical (unpaired) electrons. The number of thiophene rings is 1. The Morgan fingerprint density at radius 3 is 2.43 bits per heavy atom. The minimum atomic E-state index is -4.25. The van der Waals surface area contributed by atoms with Gasteiger partial charge in [-0.15, -0.1) is 11.3 Å². The zero-order chi connectivity index (χ0) is 15.8. The van der Waals surface area contributed by atoms with Crippen LogP contribution in [0.4, 0.5) is 8.78 Å². The molecule has 0 spiro atoms. The fourth-order valence-electron chi connectivity index (χ4n) is 1.68. The first-order chi connectivity index (χ1) is 9.73. The van der Waals surface area contributed by atoms with Crippen LogP contribution in [0.3, 0.4) is 0 Å². The maximum Gasteiger partial charge on any atom is 0.191 e. The van der Waals surface area contributed by atoms with Gasteiger partial charge >= 0.3 is 0 Å². The molecule has 1 aromatic heterocycles. The van der Waals surface area contributed by atoms with Crippen molar-refractivity contribution in [2.75, 3.05) is 0 Å². The van der Waals surface area contributed by atoms with E-state index in [9.17, 15) is 22.0 Å². The molecule has 0 bridgehead atoms. The summed E-state index contributed by atoms with van der Waals surface area (Å²) in [5.74, 6) is -2.80. The number of carbonyl (C=O) groups is 1. The van der Waals surface area contributed by atoms with E-state index in [-0.39, 0.29) is 4.88 Å². The van der Waals surface area contributed by atoms with Gasteiger partial charge in [-0.05, 0) is 31.2 Å². The minimum Gasteiger partial charge on any atom is -0.292 e. The molecule has 3 nitrogen and oxygen atoms in total. The second-order valence-electron chi connectivity index (χ2n) is 4.23. The number of benzene rings is 1. The maximum atomic E-state index is 13.6. The summed E-state index contributed by atoms with van der Waals surface area (Å²) in [4.78, 5) is 11.6. The molecule has 2 rings (SSSR count). The summed E-state index contributed by atoms with van der Waals surface area (Å²) in [7, 11) is -4.25. The van der Waals surface area contributed by atoms with E-state index in [0.717, 1.165) is 30.4 Å². The van der Waals surface area contributed by atoms with E-state index in [0.29, 0.717) is 10.4 Å². The molecule has 0 fully saturated rings. The number of hydrogen-bond acceptors (Lipinski definition) is 4. The van der Waals surface area contributed by atoms with Gasteiger partial charge in [-0.2, -0.15) is 0 Å². The van der Waals surface area contributed by atoms with Gasteiger partial charge in [0, 0.05) is 6.07 Å². The first-order valence-electron chi connectivity index (χ1n) is 5.72. The predicted molar refractivity (Wildman–Crippen MR) is 76.7 cm³/mol. The fraction of sp³-hybridized carbons (Fsp3) is 0.154. The molecule has 1 unspecified atom stereocenters. The molecular formula is C13H9ClF2O3S2. The Hall–Kier alpha value is -1.31. The number of sulfone groups is 1. The lowest BCUT2D eigenvalue weighted by Crippen LogP contribution is -2.27. The highest BCUT2D eigenvalue weighted by atomic mass is 35.5. The van der Waals surface area contributed by atoms with Gasteiger partial charge in [0.1, 0.15) is 21.8 Å². The van der Waals surface area contributed by atoms with Crippen molar-refractivity contribution in [2.45, 2.75) is 17.1 Å². The van der Waals surface area contributed by atoms with E-state index in [1.807, 2.05) is 0 Å². The Morgan fingerprint density at radius 1 is 1.24 bits per heavy atom. The molecule has 0 saturated heterocycles. The van der Waals surface area contributed by atoms with Crippen LogP contribution in [0, 0.1) is 11.6 Å². The maximum absolute atomic E-state index is 13.6. The van der Waals surface area contributed by atoms with Crippen LogP contribution in [0.15, 0.2) is 35.2 Å². The van der Waals surface area contributed by atoms with Crippen molar-refractivity contribution in [3.8, 4) is 0 Å². The average molecular weight is 351 g/mol. The lowest BCUT2D eigenvalue weighted by atomic mass is 10.2. The van der Waals surface area contributed by atoms with E-state index < -0.39 is 37.4 Å². The largest absolute Gasteiger partial charge is 0.292 e. The van der Waals surface area contributed by atoms with Crippen LogP contribution in [-0.2, 0) is 9.84 Å². The summed E-state index contributed by atoms with van der Waals surface area (Å²) in [6.45, 7) is 1.16. The van der Waals surface area contributed by atoms with Crippen molar-refractivity contribution in [3.05, 3.63) is 51.2 Å². The number of rotatable bonds is 4. The first kappa shape index (κ1) is 16.1. The molecular weight excluding hydrogens is 342 g/mol. The number of hydrogen-bond donors (Lipinski definition) is 0. The SMILES string of the molecule is CC(C(=O)c1ccc(Cl)s1)S(=O)(=O)c1ccc(F)cc1F. The molecule has 1 aromatic carbocycles. The van der Waals surface area contributed by atoms with Crippen molar-refractivity contribution in [1.29, 1.82) is 0 Å². The van der Waals surface area contributed by atoms with Crippen molar-refractivity contribution in [1.82, 2.24) is 0 Å². The Kier molecular flexibility index (Phi) is 4.46. The van der Waals surface area contributed by atoms with Crippen LogP contribution in [0.25, 0.3) is 0 Å². The smallest absolute Gasteiger partial charge is 0.191 e. The highest BCUT2D eigenvalue weighted by molar-refractivity contribution is 7.92. The van der Waals surface area contributed by atoms with E-state index in [4.69, 9.17) is 11.6 Å². The van der Waals surface area contributed by atoms with Gasteiger partial charge in [-0.1, -0.05) is 11.6 Å². The van der Waals surface area contributed by atoms with Crippen molar-refractivity contribution in [2.24, 2.45) is 0 Å². The van der Waals surface area contributed by atoms with Gasteiger partial charge in [0.05, 0.1) is 9.21 Å². The molecule has 0 aliphatic heterocycles. The number of halogens is 3. The summed E-state index contributed by atoms with van der Waals surface area (Å²) >= 11 is 6.64. The summed E-state index contributed by atoms with van der Waals surface area (Å²) in [6.07, 6.45) is 0. The molecule has 2 aromatic rings. The van der Waals surface area contributed by atoms with Crippen molar-refractivity contribution < 1.29 is 22.0 Å². The van der Waals surface area contributed by atoms with Crippen LogP contribution in [0.1, 0.15) is 16.6 Å². The monoisotopic (exact) mass is 350 g/mol. The van der Waals surface area contributed by atoms with E-state index in [2.05, 4.69) is 0 Å². The highest BCUT2D eigenvalue weighted by Gasteiger charge is 2.33. The first-order valence-corrected chi connectivity index (χ1v) is 8.46. The van der Waals surface area contributed by atoms with Gasteiger partial charge in [-0.3, -0.25) is 4.79 Å². The van der Waals surface area contributed by atoms with Crippen molar-refractivity contribution >= 4 is 38.6 Å². The third kappa shape index (κ3) is 3.14. The third-order valence-electron chi connectivity index (χ3n) is 2.85. The molecule has 112 valence electrons. The highest BCUT2D eigenvalue weighted by Crippen LogP contribution is 2.27. The summed E-state index contributed by atoms with van der Waals surface area (Å²) in [5.41, 5.74) is 0. The Bertz CT molecular complexity index is 799. The third-order valence-corrected chi connectivity index (χ3v) is 6.19. The van der Waals surface area contributed by atoms with Gasteiger partial charge < -0.3 is 0 Å². The van der Waals surface area contributed by atoms with Gasteiger partial charge in [0.25, 0.3) is 0 Å². The van der Waals surface area contributed by atoms with Crippen LogP contribution >= 0.6 is 22.9 Å². The lowest BCUT2D eigenvalue weighted by molar-refractivity contribution is 0.0995. The van der Waals surface area contributed by atoms with Crippen LogP contribution in [0.2, 0.25) is 4.34 Å². The summed E-state index contributed by atoms with van der Waals surface area (Å²) in [5, 5.41) is -1.49.